The highest BCUT2D eigenvalue weighted by Gasteiger charge is 2.32. The van der Waals surface area contributed by atoms with Gasteiger partial charge in [0.2, 0.25) is 0 Å². The fourth-order valence-corrected chi connectivity index (χ4v) is 4.02. The predicted molar refractivity (Wildman–Crippen MR) is 122 cm³/mol. The summed E-state index contributed by atoms with van der Waals surface area (Å²) in [6.07, 6.45) is 4.07. The number of benzene rings is 2. The lowest BCUT2D eigenvalue weighted by molar-refractivity contribution is 0.0595. The zero-order chi connectivity index (χ0) is 23.4. The van der Waals surface area contributed by atoms with Crippen LogP contribution in [-0.4, -0.2) is 40.3 Å². The van der Waals surface area contributed by atoms with Gasteiger partial charge in [-0.05, 0) is 62.6 Å². The number of carbonyl (C=O) groups is 2. The second-order valence-corrected chi connectivity index (χ2v) is 7.90. The van der Waals surface area contributed by atoms with Crippen molar-refractivity contribution in [2.24, 2.45) is 0 Å². The standard InChI is InChI=1S/C25H25FN4O3/c1-16-20(24(31)29-18-12-10-17(26)11-13-18)15-27-23(28-16)21-8-5-6-14-30(21)25(32)19-7-3-4-9-22(19)33-2/h3-4,7,9-13,15,21H,5-6,8,14H2,1-2H3,(H,29,31)/t21-/m0/s1. The van der Waals surface area contributed by atoms with Crippen molar-refractivity contribution >= 4 is 17.5 Å². The van der Waals surface area contributed by atoms with Crippen LogP contribution >= 0.6 is 0 Å². The van der Waals surface area contributed by atoms with Gasteiger partial charge < -0.3 is 15.0 Å². The molecule has 0 saturated carbocycles. The maximum atomic E-state index is 13.3. The maximum Gasteiger partial charge on any atom is 0.259 e. The van der Waals surface area contributed by atoms with Crippen molar-refractivity contribution in [2.45, 2.75) is 32.2 Å². The topological polar surface area (TPSA) is 84.4 Å². The molecular weight excluding hydrogens is 423 g/mol. The van der Waals surface area contributed by atoms with Crippen molar-refractivity contribution < 1.29 is 18.7 Å². The molecule has 1 saturated heterocycles. The molecule has 7 nitrogen and oxygen atoms in total. The molecule has 1 N–H and O–H groups in total. The molecule has 0 spiro atoms. The summed E-state index contributed by atoms with van der Waals surface area (Å²) < 4.78 is 18.5. The number of amides is 2. The van der Waals surface area contributed by atoms with Crippen molar-refractivity contribution in [3.8, 4) is 5.75 Å². The number of rotatable bonds is 5. The summed E-state index contributed by atoms with van der Waals surface area (Å²) in [6, 6.07) is 12.4. The van der Waals surface area contributed by atoms with E-state index in [9.17, 15) is 14.0 Å². The average Bonchev–Trinajstić information content (AvgIpc) is 2.84. The Kier molecular flexibility index (Phi) is 6.63. The third kappa shape index (κ3) is 4.84. The highest BCUT2D eigenvalue weighted by molar-refractivity contribution is 6.04. The van der Waals surface area contributed by atoms with Crippen LogP contribution in [0.2, 0.25) is 0 Å². The van der Waals surface area contributed by atoms with E-state index in [0.717, 1.165) is 19.3 Å². The first-order valence-electron chi connectivity index (χ1n) is 10.8. The second-order valence-electron chi connectivity index (χ2n) is 7.90. The smallest absolute Gasteiger partial charge is 0.259 e. The van der Waals surface area contributed by atoms with E-state index >= 15 is 0 Å². The van der Waals surface area contributed by atoms with Crippen LogP contribution in [0.4, 0.5) is 10.1 Å². The molecule has 0 unspecified atom stereocenters. The molecule has 1 aliphatic heterocycles. The number of likely N-dealkylation sites (tertiary alicyclic amines) is 1. The summed E-state index contributed by atoms with van der Waals surface area (Å²) >= 11 is 0. The minimum atomic E-state index is -0.378. The number of hydrogen-bond donors (Lipinski definition) is 1. The molecular formula is C25H25FN4O3. The number of piperidine rings is 1. The number of methoxy groups -OCH3 is 1. The Balaban J connectivity index is 1.57. The number of anilines is 1. The minimum absolute atomic E-state index is 0.128. The normalized spacial score (nSPS) is 15.7. The fourth-order valence-electron chi connectivity index (χ4n) is 4.02. The van der Waals surface area contributed by atoms with Gasteiger partial charge in [0.25, 0.3) is 11.8 Å². The van der Waals surface area contributed by atoms with Gasteiger partial charge in [0, 0.05) is 18.4 Å². The third-order valence-electron chi connectivity index (χ3n) is 5.74. The predicted octanol–water partition coefficient (Wildman–Crippen LogP) is 4.55. The molecule has 170 valence electrons. The Hall–Kier alpha value is -3.81. The number of nitrogens with one attached hydrogen (secondary N) is 1. The summed E-state index contributed by atoms with van der Waals surface area (Å²) in [5, 5.41) is 2.72. The molecule has 3 aromatic rings. The largest absolute Gasteiger partial charge is 0.496 e. The highest BCUT2D eigenvalue weighted by atomic mass is 19.1. The molecule has 1 fully saturated rings. The number of halogens is 1. The molecule has 2 amide bonds. The molecule has 0 bridgehead atoms. The van der Waals surface area contributed by atoms with Crippen LogP contribution in [-0.2, 0) is 0 Å². The third-order valence-corrected chi connectivity index (χ3v) is 5.74. The highest BCUT2D eigenvalue weighted by Crippen LogP contribution is 2.32. The van der Waals surface area contributed by atoms with Crippen LogP contribution in [0.3, 0.4) is 0 Å². The van der Waals surface area contributed by atoms with E-state index in [1.807, 2.05) is 12.1 Å². The van der Waals surface area contributed by atoms with Crippen LogP contribution in [0.1, 0.15) is 57.5 Å². The van der Waals surface area contributed by atoms with Crippen LogP contribution in [0.5, 0.6) is 5.75 Å². The Bertz CT molecular complexity index is 1170. The summed E-state index contributed by atoms with van der Waals surface area (Å²) in [5.41, 5.74) is 1.81. The summed E-state index contributed by atoms with van der Waals surface area (Å²) in [4.78, 5) is 36.8. The number of para-hydroxylation sites is 1. The Morgan fingerprint density at radius 1 is 1.09 bits per heavy atom. The Labute approximate surface area is 191 Å². The van der Waals surface area contributed by atoms with Crippen molar-refractivity contribution in [2.75, 3.05) is 19.0 Å². The first-order valence-corrected chi connectivity index (χ1v) is 10.8. The zero-order valence-electron chi connectivity index (χ0n) is 18.5. The van der Waals surface area contributed by atoms with Crippen molar-refractivity contribution in [3.05, 3.63) is 83.2 Å². The summed E-state index contributed by atoms with van der Waals surface area (Å²) in [5.74, 6) is 0.148. The minimum Gasteiger partial charge on any atom is -0.496 e. The van der Waals surface area contributed by atoms with Crippen LogP contribution in [0, 0.1) is 12.7 Å². The van der Waals surface area contributed by atoms with Gasteiger partial charge in [-0.25, -0.2) is 14.4 Å². The molecule has 1 atom stereocenters. The fraction of sp³-hybridized carbons (Fsp3) is 0.280. The van der Waals surface area contributed by atoms with Gasteiger partial charge in [-0.1, -0.05) is 12.1 Å². The number of hydrogen-bond acceptors (Lipinski definition) is 5. The van der Waals surface area contributed by atoms with E-state index in [-0.39, 0.29) is 23.7 Å². The summed E-state index contributed by atoms with van der Waals surface area (Å²) in [6.45, 7) is 2.33. The van der Waals surface area contributed by atoms with E-state index < -0.39 is 0 Å². The monoisotopic (exact) mass is 448 g/mol. The SMILES string of the molecule is COc1ccccc1C(=O)N1CCCC[C@H]1c1ncc(C(=O)Nc2ccc(F)cc2)c(C)n1. The van der Waals surface area contributed by atoms with Gasteiger partial charge in [0.15, 0.2) is 5.82 Å². The van der Waals surface area contributed by atoms with Crippen LogP contribution in [0.25, 0.3) is 0 Å². The number of carbonyl (C=O) groups excluding carboxylic acids is 2. The number of aromatic nitrogens is 2. The van der Waals surface area contributed by atoms with Gasteiger partial charge in [-0.3, -0.25) is 9.59 Å². The molecule has 0 radical (unpaired) electrons. The first kappa shape index (κ1) is 22.4. The van der Waals surface area contributed by atoms with Gasteiger partial charge in [0.05, 0.1) is 30.0 Å². The van der Waals surface area contributed by atoms with Crippen molar-refractivity contribution in [3.63, 3.8) is 0 Å². The second kappa shape index (κ2) is 9.77. The Morgan fingerprint density at radius 2 is 1.85 bits per heavy atom. The number of aryl methyl sites for hydroxylation is 1. The van der Waals surface area contributed by atoms with Gasteiger partial charge in [0.1, 0.15) is 11.6 Å². The van der Waals surface area contributed by atoms with E-state index in [0.29, 0.717) is 40.6 Å². The van der Waals surface area contributed by atoms with Crippen molar-refractivity contribution in [1.82, 2.24) is 14.9 Å². The molecule has 1 aliphatic rings. The lowest BCUT2D eigenvalue weighted by atomic mass is 9.99. The molecule has 2 heterocycles. The van der Waals surface area contributed by atoms with Crippen LogP contribution < -0.4 is 10.1 Å². The average molecular weight is 448 g/mol. The Morgan fingerprint density at radius 3 is 2.58 bits per heavy atom. The lowest BCUT2D eigenvalue weighted by Gasteiger charge is -2.35. The first-order chi connectivity index (χ1) is 16.0. The molecule has 8 heteroatoms. The van der Waals surface area contributed by atoms with E-state index in [4.69, 9.17) is 4.74 Å². The molecule has 4 rings (SSSR count). The molecule has 1 aromatic heterocycles. The quantitative estimate of drug-likeness (QED) is 0.619. The molecule has 0 aliphatic carbocycles. The van der Waals surface area contributed by atoms with Gasteiger partial charge in [-0.2, -0.15) is 0 Å². The van der Waals surface area contributed by atoms with E-state index in [1.54, 1.807) is 31.1 Å². The summed E-state index contributed by atoms with van der Waals surface area (Å²) in [7, 11) is 1.54. The maximum absolute atomic E-state index is 13.3. The lowest BCUT2D eigenvalue weighted by Crippen LogP contribution is -2.39. The van der Waals surface area contributed by atoms with E-state index in [2.05, 4.69) is 15.3 Å². The van der Waals surface area contributed by atoms with Gasteiger partial charge in [-0.15, -0.1) is 0 Å². The molecule has 2 aromatic carbocycles. The van der Waals surface area contributed by atoms with Crippen molar-refractivity contribution in [1.29, 1.82) is 0 Å². The number of nitrogens with zero attached hydrogens (tertiary/aromatic N) is 3. The van der Waals surface area contributed by atoms with Crippen LogP contribution in [0.15, 0.2) is 54.7 Å². The number of ether oxygens (including phenoxy) is 1. The zero-order valence-corrected chi connectivity index (χ0v) is 18.5. The van der Waals surface area contributed by atoms with E-state index in [1.165, 1.54) is 30.5 Å². The van der Waals surface area contributed by atoms with Gasteiger partial charge >= 0.3 is 0 Å². The molecule has 33 heavy (non-hydrogen) atoms.